The summed E-state index contributed by atoms with van der Waals surface area (Å²) < 4.78 is 7.04. The van der Waals surface area contributed by atoms with Crippen molar-refractivity contribution in [2.24, 2.45) is 10.9 Å². The number of aromatic nitrogens is 2. The molecule has 0 radical (unpaired) electrons. The van der Waals surface area contributed by atoms with Gasteiger partial charge in [-0.15, -0.1) is 0 Å². The average Bonchev–Trinajstić information content (AvgIpc) is 2.86. The van der Waals surface area contributed by atoms with Gasteiger partial charge in [0.1, 0.15) is 0 Å². The molecule has 0 aliphatic carbocycles. The fourth-order valence-electron chi connectivity index (χ4n) is 1.75. The first-order valence-corrected chi connectivity index (χ1v) is 5.37. The van der Waals surface area contributed by atoms with Crippen LogP contribution in [-0.2, 0) is 6.54 Å². The third-order valence-corrected chi connectivity index (χ3v) is 2.58. The number of pyridine rings is 1. The third kappa shape index (κ3) is 2.27. The minimum absolute atomic E-state index is 0.0721. The molecule has 94 valence electrons. The zero-order valence-electron chi connectivity index (χ0n) is 9.95. The van der Waals surface area contributed by atoms with Crippen LogP contribution in [0.2, 0.25) is 0 Å². The van der Waals surface area contributed by atoms with Gasteiger partial charge in [-0.3, -0.25) is 0 Å². The molecule has 0 amide bonds. The monoisotopic (exact) mass is 246 g/mol. The molecule has 3 N–H and O–H groups in total. The van der Waals surface area contributed by atoms with E-state index in [-0.39, 0.29) is 5.84 Å². The molecule has 2 rings (SSSR count). The van der Waals surface area contributed by atoms with Gasteiger partial charge in [-0.1, -0.05) is 11.2 Å². The maximum Gasteiger partial charge on any atom is 0.218 e. The average molecular weight is 246 g/mol. The van der Waals surface area contributed by atoms with E-state index in [1.54, 1.807) is 19.4 Å². The van der Waals surface area contributed by atoms with E-state index in [1.165, 1.54) is 0 Å². The smallest absolute Gasteiger partial charge is 0.218 e. The van der Waals surface area contributed by atoms with Crippen molar-refractivity contribution in [2.75, 3.05) is 7.11 Å². The first-order chi connectivity index (χ1) is 8.76. The summed E-state index contributed by atoms with van der Waals surface area (Å²) in [6.45, 7) is 0.537. The SMILES string of the molecule is COc1ncccc1Cn1cccc1/C(N)=N/O. The molecule has 0 saturated carbocycles. The zero-order chi connectivity index (χ0) is 13.0. The quantitative estimate of drug-likeness (QED) is 0.365. The minimum atomic E-state index is 0.0721. The van der Waals surface area contributed by atoms with Crippen LogP contribution in [0.5, 0.6) is 5.88 Å². The van der Waals surface area contributed by atoms with Crippen molar-refractivity contribution in [3.05, 3.63) is 47.9 Å². The summed E-state index contributed by atoms with van der Waals surface area (Å²) in [5.41, 5.74) is 7.16. The Kier molecular flexibility index (Phi) is 3.47. The fourth-order valence-corrected chi connectivity index (χ4v) is 1.75. The predicted octanol–water partition coefficient (Wildman–Crippen LogP) is 1.03. The second-order valence-electron chi connectivity index (χ2n) is 3.68. The summed E-state index contributed by atoms with van der Waals surface area (Å²) in [5, 5.41) is 11.7. The lowest BCUT2D eigenvalue weighted by Crippen LogP contribution is -2.18. The predicted molar refractivity (Wildman–Crippen MR) is 66.8 cm³/mol. The Morgan fingerprint density at radius 3 is 3.06 bits per heavy atom. The largest absolute Gasteiger partial charge is 0.481 e. The van der Waals surface area contributed by atoms with Crippen molar-refractivity contribution >= 4 is 5.84 Å². The highest BCUT2D eigenvalue weighted by Crippen LogP contribution is 2.16. The van der Waals surface area contributed by atoms with Gasteiger partial charge in [-0.05, 0) is 18.2 Å². The second-order valence-corrected chi connectivity index (χ2v) is 3.68. The Labute approximate surface area is 104 Å². The highest BCUT2D eigenvalue weighted by atomic mass is 16.5. The first-order valence-electron chi connectivity index (χ1n) is 5.37. The van der Waals surface area contributed by atoms with Gasteiger partial charge in [0.25, 0.3) is 0 Å². The van der Waals surface area contributed by atoms with Crippen LogP contribution in [0.1, 0.15) is 11.3 Å². The van der Waals surface area contributed by atoms with Crippen LogP contribution in [0.4, 0.5) is 0 Å². The number of nitrogens with two attached hydrogens (primary N) is 1. The molecular formula is C12H14N4O2. The number of rotatable bonds is 4. The summed E-state index contributed by atoms with van der Waals surface area (Å²) in [5.74, 6) is 0.638. The molecule has 0 spiro atoms. The topological polar surface area (TPSA) is 85.7 Å². The van der Waals surface area contributed by atoms with E-state index < -0.39 is 0 Å². The molecule has 0 saturated heterocycles. The van der Waals surface area contributed by atoms with Crippen molar-refractivity contribution in [2.45, 2.75) is 6.54 Å². The van der Waals surface area contributed by atoms with E-state index in [1.807, 2.05) is 29.0 Å². The van der Waals surface area contributed by atoms with E-state index in [0.717, 1.165) is 5.56 Å². The van der Waals surface area contributed by atoms with E-state index in [0.29, 0.717) is 18.1 Å². The molecule has 0 bridgehead atoms. The molecule has 0 fully saturated rings. The standard InChI is InChI=1S/C12H14N4O2/c1-18-12-9(4-2-6-14-12)8-16-7-3-5-10(16)11(13)15-17/h2-7,17H,8H2,1H3,(H2,13,15). The van der Waals surface area contributed by atoms with Gasteiger partial charge in [0.2, 0.25) is 5.88 Å². The van der Waals surface area contributed by atoms with E-state index in [9.17, 15) is 0 Å². The zero-order valence-corrected chi connectivity index (χ0v) is 9.95. The number of methoxy groups -OCH3 is 1. The number of amidine groups is 1. The maximum atomic E-state index is 8.71. The van der Waals surface area contributed by atoms with Crippen molar-refractivity contribution in [3.63, 3.8) is 0 Å². The van der Waals surface area contributed by atoms with E-state index >= 15 is 0 Å². The second kappa shape index (κ2) is 5.22. The molecule has 2 heterocycles. The van der Waals surface area contributed by atoms with Crippen molar-refractivity contribution in [1.82, 2.24) is 9.55 Å². The van der Waals surface area contributed by atoms with Gasteiger partial charge >= 0.3 is 0 Å². The van der Waals surface area contributed by atoms with Gasteiger partial charge in [0.05, 0.1) is 19.3 Å². The summed E-state index contributed by atoms with van der Waals surface area (Å²) in [6, 6.07) is 7.36. The molecule has 0 aliphatic rings. The van der Waals surface area contributed by atoms with E-state index in [4.69, 9.17) is 15.7 Å². The number of nitrogens with zero attached hydrogens (tertiary/aromatic N) is 3. The van der Waals surface area contributed by atoms with Crippen LogP contribution in [0.15, 0.2) is 41.8 Å². The third-order valence-electron chi connectivity index (χ3n) is 2.58. The fraction of sp³-hybridized carbons (Fsp3) is 0.167. The lowest BCUT2D eigenvalue weighted by atomic mass is 10.2. The highest BCUT2D eigenvalue weighted by Gasteiger charge is 2.09. The van der Waals surface area contributed by atoms with Crippen LogP contribution in [-0.4, -0.2) is 27.7 Å². The van der Waals surface area contributed by atoms with Gasteiger partial charge in [0.15, 0.2) is 5.84 Å². The van der Waals surface area contributed by atoms with Gasteiger partial charge < -0.3 is 20.2 Å². The number of ether oxygens (including phenoxy) is 1. The molecule has 0 unspecified atom stereocenters. The molecule has 0 atom stereocenters. The molecule has 6 nitrogen and oxygen atoms in total. The molecule has 2 aromatic heterocycles. The summed E-state index contributed by atoms with van der Waals surface area (Å²) in [7, 11) is 1.58. The molecule has 18 heavy (non-hydrogen) atoms. The Bertz CT molecular complexity index is 563. The molecule has 2 aromatic rings. The Hall–Kier alpha value is -2.50. The Morgan fingerprint density at radius 1 is 1.50 bits per heavy atom. The van der Waals surface area contributed by atoms with Crippen LogP contribution in [0.3, 0.4) is 0 Å². The van der Waals surface area contributed by atoms with Crippen LogP contribution < -0.4 is 10.5 Å². The number of hydrogen-bond donors (Lipinski definition) is 2. The maximum absolute atomic E-state index is 8.71. The minimum Gasteiger partial charge on any atom is -0.481 e. The van der Waals surface area contributed by atoms with Crippen LogP contribution >= 0.6 is 0 Å². The van der Waals surface area contributed by atoms with Crippen molar-refractivity contribution in [3.8, 4) is 5.88 Å². The van der Waals surface area contributed by atoms with Gasteiger partial charge in [-0.25, -0.2) is 4.98 Å². The lowest BCUT2D eigenvalue weighted by molar-refractivity contribution is 0.318. The number of hydrogen-bond acceptors (Lipinski definition) is 4. The molecular weight excluding hydrogens is 232 g/mol. The van der Waals surface area contributed by atoms with E-state index in [2.05, 4.69) is 10.1 Å². The Morgan fingerprint density at radius 2 is 2.33 bits per heavy atom. The lowest BCUT2D eigenvalue weighted by Gasteiger charge is -2.10. The molecule has 0 aromatic carbocycles. The normalized spacial score (nSPS) is 11.5. The van der Waals surface area contributed by atoms with Crippen LogP contribution in [0.25, 0.3) is 0 Å². The Balaban J connectivity index is 2.32. The number of oxime groups is 1. The van der Waals surface area contributed by atoms with Crippen molar-refractivity contribution in [1.29, 1.82) is 0 Å². The first kappa shape index (κ1) is 12.0. The summed E-state index contributed by atoms with van der Waals surface area (Å²) in [4.78, 5) is 4.13. The molecule has 6 heteroatoms. The van der Waals surface area contributed by atoms with Gasteiger partial charge in [0, 0.05) is 18.0 Å². The molecule has 0 aliphatic heterocycles. The van der Waals surface area contributed by atoms with Crippen LogP contribution in [0, 0.1) is 0 Å². The van der Waals surface area contributed by atoms with Crippen molar-refractivity contribution < 1.29 is 9.94 Å². The summed E-state index contributed by atoms with van der Waals surface area (Å²) >= 11 is 0. The summed E-state index contributed by atoms with van der Waals surface area (Å²) in [6.07, 6.45) is 3.52. The highest BCUT2D eigenvalue weighted by molar-refractivity contribution is 5.95. The van der Waals surface area contributed by atoms with Gasteiger partial charge in [-0.2, -0.15) is 0 Å².